The summed E-state index contributed by atoms with van der Waals surface area (Å²) in [4.78, 5) is 12.5. The first kappa shape index (κ1) is 21.9. The lowest BCUT2D eigenvalue weighted by Gasteiger charge is -2.17. The zero-order valence-corrected chi connectivity index (χ0v) is 18.4. The van der Waals surface area contributed by atoms with E-state index in [2.05, 4.69) is 22.1 Å². The molecule has 1 atom stereocenters. The second-order valence-electron chi connectivity index (χ2n) is 6.53. The minimum absolute atomic E-state index is 0.0976. The Balaban J connectivity index is 1.68. The van der Waals surface area contributed by atoms with Gasteiger partial charge in [-0.3, -0.25) is 9.36 Å². The van der Waals surface area contributed by atoms with Crippen LogP contribution < -0.4 is 10.1 Å². The first-order valence-electron chi connectivity index (χ1n) is 9.38. The average molecular weight is 443 g/mol. The van der Waals surface area contributed by atoms with Gasteiger partial charge in [-0.05, 0) is 37.3 Å². The predicted molar refractivity (Wildman–Crippen MR) is 121 cm³/mol. The van der Waals surface area contributed by atoms with Gasteiger partial charge in [-0.2, -0.15) is 0 Å². The number of allylic oxidation sites excluding steroid dienone is 1. The molecule has 30 heavy (non-hydrogen) atoms. The van der Waals surface area contributed by atoms with Crippen molar-refractivity contribution in [1.29, 1.82) is 0 Å². The lowest BCUT2D eigenvalue weighted by molar-refractivity contribution is -0.119. The van der Waals surface area contributed by atoms with Crippen molar-refractivity contribution in [3.8, 4) is 17.1 Å². The number of methoxy groups -OCH3 is 1. The molecule has 3 rings (SSSR count). The fraction of sp³-hybridized carbons (Fsp3) is 0.227. The third-order valence-electron chi connectivity index (χ3n) is 4.45. The molecule has 1 unspecified atom stereocenters. The van der Waals surface area contributed by atoms with Gasteiger partial charge in [0.05, 0.1) is 18.9 Å². The largest absolute Gasteiger partial charge is 0.496 e. The lowest BCUT2D eigenvalue weighted by atomic mass is 10.1. The first-order chi connectivity index (χ1) is 14.5. The smallest absolute Gasteiger partial charge is 0.230 e. The van der Waals surface area contributed by atoms with Crippen molar-refractivity contribution in [1.82, 2.24) is 20.1 Å². The molecule has 1 aromatic heterocycles. The monoisotopic (exact) mass is 442 g/mol. The van der Waals surface area contributed by atoms with Gasteiger partial charge < -0.3 is 10.1 Å². The number of hydrogen-bond donors (Lipinski definition) is 1. The summed E-state index contributed by atoms with van der Waals surface area (Å²) in [5.74, 6) is 1.57. The second-order valence-corrected chi connectivity index (χ2v) is 7.91. The van der Waals surface area contributed by atoms with Crippen molar-refractivity contribution in [2.24, 2.45) is 0 Å². The maximum absolute atomic E-state index is 12.5. The Morgan fingerprint density at radius 2 is 2.00 bits per heavy atom. The number of nitrogens with one attached hydrogen (secondary N) is 1. The van der Waals surface area contributed by atoms with Crippen LogP contribution in [0.3, 0.4) is 0 Å². The number of rotatable bonds is 9. The van der Waals surface area contributed by atoms with Crippen molar-refractivity contribution < 1.29 is 9.53 Å². The van der Waals surface area contributed by atoms with Gasteiger partial charge in [-0.1, -0.05) is 47.6 Å². The molecule has 0 saturated heterocycles. The van der Waals surface area contributed by atoms with Crippen molar-refractivity contribution in [3.05, 3.63) is 71.8 Å². The summed E-state index contributed by atoms with van der Waals surface area (Å²) in [6.07, 6.45) is 1.77. The van der Waals surface area contributed by atoms with Gasteiger partial charge >= 0.3 is 0 Å². The van der Waals surface area contributed by atoms with E-state index in [-0.39, 0.29) is 17.7 Å². The summed E-state index contributed by atoms with van der Waals surface area (Å²) in [6.45, 7) is 6.28. The number of para-hydroxylation sites is 1. The van der Waals surface area contributed by atoms with Crippen LogP contribution in [0.2, 0.25) is 5.02 Å². The lowest BCUT2D eigenvalue weighted by Crippen LogP contribution is -2.28. The van der Waals surface area contributed by atoms with Gasteiger partial charge in [0.1, 0.15) is 5.75 Å². The fourth-order valence-corrected chi connectivity index (χ4v) is 3.90. The molecule has 1 amide bonds. The van der Waals surface area contributed by atoms with E-state index >= 15 is 0 Å². The first-order valence-corrected chi connectivity index (χ1v) is 10.7. The molecule has 0 fully saturated rings. The summed E-state index contributed by atoms with van der Waals surface area (Å²) in [5.41, 5.74) is 1.83. The Hall–Kier alpha value is -2.77. The predicted octanol–water partition coefficient (Wildman–Crippen LogP) is 4.76. The summed E-state index contributed by atoms with van der Waals surface area (Å²) in [5, 5.41) is 12.9. The van der Waals surface area contributed by atoms with Crippen LogP contribution in [-0.4, -0.2) is 33.5 Å². The molecular formula is C22H23ClN4O2S. The highest BCUT2D eigenvalue weighted by Gasteiger charge is 2.17. The van der Waals surface area contributed by atoms with Gasteiger partial charge in [0.25, 0.3) is 0 Å². The summed E-state index contributed by atoms with van der Waals surface area (Å²) < 4.78 is 7.30. The minimum atomic E-state index is -0.176. The van der Waals surface area contributed by atoms with Crippen LogP contribution in [0.15, 0.2) is 66.3 Å². The van der Waals surface area contributed by atoms with E-state index in [0.29, 0.717) is 22.5 Å². The molecule has 6 nitrogen and oxygen atoms in total. The Morgan fingerprint density at radius 3 is 2.70 bits per heavy atom. The number of ether oxygens (including phenoxy) is 1. The van der Waals surface area contributed by atoms with Crippen LogP contribution in [0.5, 0.6) is 5.75 Å². The highest BCUT2D eigenvalue weighted by molar-refractivity contribution is 7.99. The zero-order valence-electron chi connectivity index (χ0n) is 16.8. The van der Waals surface area contributed by atoms with Crippen LogP contribution >= 0.6 is 23.4 Å². The van der Waals surface area contributed by atoms with Gasteiger partial charge in [-0.15, -0.1) is 16.8 Å². The highest BCUT2D eigenvalue weighted by Crippen LogP contribution is 2.26. The number of carbonyl (C=O) groups is 1. The summed E-state index contributed by atoms with van der Waals surface area (Å²) >= 11 is 7.31. The molecule has 0 radical (unpaired) electrons. The van der Waals surface area contributed by atoms with Crippen LogP contribution in [0.4, 0.5) is 0 Å². The number of amides is 1. The summed E-state index contributed by atoms with van der Waals surface area (Å²) in [7, 11) is 1.62. The van der Waals surface area contributed by atoms with Crippen LogP contribution in [0.1, 0.15) is 18.5 Å². The molecule has 0 saturated carbocycles. The molecule has 1 heterocycles. The van der Waals surface area contributed by atoms with Crippen molar-refractivity contribution >= 4 is 29.3 Å². The Morgan fingerprint density at radius 1 is 1.27 bits per heavy atom. The molecule has 0 aliphatic heterocycles. The normalized spacial score (nSPS) is 11.7. The van der Waals surface area contributed by atoms with E-state index in [0.717, 1.165) is 16.9 Å². The van der Waals surface area contributed by atoms with Gasteiger partial charge in [0, 0.05) is 22.7 Å². The molecule has 156 valence electrons. The zero-order chi connectivity index (χ0) is 21.5. The fourth-order valence-electron chi connectivity index (χ4n) is 3.02. The van der Waals surface area contributed by atoms with E-state index < -0.39 is 0 Å². The molecule has 8 heteroatoms. The van der Waals surface area contributed by atoms with E-state index in [4.69, 9.17) is 16.3 Å². The van der Waals surface area contributed by atoms with E-state index in [1.54, 1.807) is 13.2 Å². The number of carbonyl (C=O) groups excluding carboxylic acids is 1. The van der Waals surface area contributed by atoms with Crippen molar-refractivity contribution in [2.45, 2.75) is 24.7 Å². The molecule has 0 spiro atoms. The van der Waals surface area contributed by atoms with E-state index in [1.165, 1.54) is 11.8 Å². The van der Waals surface area contributed by atoms with Crippen LogP contribution in [0.25, 0.3) is 11.4 Å². The number of thioether (sulfide) groups is 1. The van der Waals surface area contributed by atoms with Crippen molar-refractivity contribution in [3.63, 3.8) is 0 Å². The third kappa shape index (κ3) is 5.23. The molecule has 0 aliphatic carbocycles. The standard InChI is InChI=1S/C22H23ClN4O2S/c1-4-13-27-21(16-9-11-17(23)12-10-16)25-26-22(27)30-14-20(28)24-15(2)18-7-5-6-8-19(18)29-3/h4-12,15H,1,13-14H2,2-3H3,(H,24,28). The molecule has 1 N–H and O–H groups in total. The molecule has 3 aromatic rings. The van der Waals surface area contributed by atoms with Crippen molar-refractivity contribution in [2.75, 3.05) is 12.9 Å². The van der Waals surface area contributed by atoms with Gasteiger partial charge in [-0.25, -0.2) is 0 Å². The number of hydrogen-bond acceptors (Lipinski definition) is 5. The third-order valence-corrected chi connectivity index (χ3v) is 5.66. The molecule has 2 aromatic carbocycles. The molecule has 0 aliphatic rings. The quantitative estimate of drug-likeness (QED) is 0.382. The maximum Gasteiger partial charge on any atom is 0.230 e. The topological polar surface area (TPSA) is 69.0 Å². The number of nitrogens with zero attached hydrogens (tertiary/aromatic N) is 3. The molecular weight excluding hydrogens is 420 g/mol. The Labute approximate surface area is 185 Å². The maximum atomic E-state index is 12.5. The van der Waals surface area contributed by atoms with Gasteiger partial charge in [0.15, 0.2) is 11.0 Å². The highest BCUT2D eigenvalue weighted by atomic mass is 35.5. The second kappa shape index (κ2) is 10.3. The van der Waals surface area contributed by atoms with E-state index in [1.807, 2.05) is 60.0 Å². The number of aromatic nitrogens is 3. The van der Waals surface area contributed by atoms with E-state index in [9.17, 15) is 4.79 Å². The minimum Gasteiger partial charge on any atom is -0.496 e. The van der Waals surface area contributed by atoms with Gasteiger partial charge in [0.2, 0.25) is 5.91 Å². The number of halogens is 1. The Kier molecular flexibility index (Phi) is 7.54. The SMILES string of the molecule is C=CCn1c(SCC(=O)NC(C)c2ccccc2OC)nnc1-c1ccc(Cl)cc1. The Bertz CT molecular complexity index is 1020. The average Bonchev–Trinajstić information content (AvgIpc) is 3.15. The molecule has 0 bridgehead atoms. The van der Waals surface area contributed by atoms with Crippen LogP contribution in [-0.2, 0) is 11.3 Å². The summed E-state index contributed by atoms with van der Waals surface area (Å²) in [6, 6.07) is 14.9. The number of benzene rings is 2. The van der Waals surface area contributed by atoms with Crippen LogP contribution in [0, 0.1) is 0 Å².